The molecule has 0 aliphatic carbocycles. The van der Waals surface area contributed by atoms with Crippen molar-refractivity contribution in [1.29, 1.82) is 0 Å². The van der Waals surface area contributed by atoms with Gasteiger partial charge in [-0.2, -0.15) is 0 Å². The molecule has 1 fully saturated rings. The van der Waals surface area contributed by atoms with E-state index >= 15 is 0 Å². The minimum absolute atomic E-state index is 0.0153. The van der Waals surface area contributed by atoms with E-state index in [1.807, 2.05) is 0 Å². The second kappa shape index (κ2) is 14.1. The Balaban J connectivity index is 2.30. The Morgan fingerprint density at radius 2 is 1.41 bits per heavy atom. The van der Waals surface area contributed by atoms with E-state index in [4.69, 9.17) is 32.2 Å². The van der Waals surface area contributed by atoms with Crippen molar-refractivity contribution in [2.75, 3.05) is 58.1 Å². The molecule has 0 aromatic heterocycles. The third-order valence-corrected chi connectivity index (χ3v) is 12.4. The van der Waals surface area contributed by atoms with E-state index in [2.05, 4.69) is 0 Å². The number of nitrogens with zero attached hydrogens (tertiary/aromatic N) is 3. The van der Waals surface area contributed by atoms with Gasteiger partial charge in [-0.05, 0) is 63.0 Å². The molecule has 1 saturated heterocycles. The standard InChI is InChI=1S/C21H33Cl2N3O6P2/c1-24(13-5-3-11-22)33(29)18-34(30,25(2)14-6-4-12-23)32-17-20(16-31-33)15-19-7-9-21(10-8-19)26(27)28/h7-10,15H,3-6,11-14,16-18H2,1-2H3. The molecule has 1 heterocycles. The number of nitro groups is 1. The third-order valence-electron chi connectivity index (χ3n) is 5.51. The molecule has 2 unspecified atom stereocenters. The van der Waals surface area contributed by atoms with E-state index in [9.17, 15) is 19.2 Å². The van der Waals surface area contributed by atoms with Crippen LogP contribution in [-0.4, -0.2) is 72.3 Å². The Kier molecular flexibility index (Phi) is 12.2. The molecule has 1 aliphatic heterocycles. The lowest BCUT2D eigenvalue weighted by Gasteiger charge is -2.36. The number of alkyl halides is 2. The molecular formula is C21H33Cl2N3O6P2. The topological polar surface area (TPSA) is 102 Å². The molecule has 0 amide bonds. The van der Waals surface area contributed by atoms with Crippen LogP contribution in [0.5, 0.6) is 0 Å². The Bertz CT molecular complexity index is 890. The Morgan fingerprint density at radius 3 is 1.82 bits per heavy atom. The molecule has 1 aliphatic rings. The molecule has 0 saturated carbocycles. The lowest BCUT2D eigenvalue weighted by atomic mass is 10.1. The summed E-state index contributed by atoms with van der Waals surface area (Å²) in [4.78, 5) is 10.4. The maximum absolute atomic E-state index is 13.9. The van der Waals surface area contributed by atoms with Crippen molar-refractivity contribution in [3.63, 3.8) is 0 Å². The van der Waals surface area contributed by atoms with Gasteiger partial charge in [0.2, 0.25) is 0 Å². The average Bonchev–Trinajstić information content (AvgIpc) is 2.80. The zero-order chi connectivity index (χ0) is 25.2. The summed E-state index contributed by atoms with van der Waals surface area (Å²) < 4.78 is 43.1. The van der Waals surface area contributed by atoms with Gasteiger partial charge in [0.25, 0.3) is 20.7 Å². The van der Waals surface area contributed by atoms with Crippen LogP contribution in [0.2, 0.25) is 0 Å². The molecule has 0 bridgehead atoms. The first kappa shape index (κ1) is 29.5. The van der Waals surface area contributed by atoms with Crippen molar-refractivity contribution in [1.82, 2.24) is 9.34 Å². The monoisotopic (exact) mass is 555 g/mol. The van der Waals surface area contributed by atoms with Gasteiger partial charge >= 0.3 is 0 Å². The van der Waals surface area contributed by atoms with Crippen molar-refractivity contribution >= 4 is 50.0 Å². The summed E-state index contributed by atoms with van der Waals surface area (Å²) in [5.41, 5.74) is 1.32. The van der Waals surface area contributed by atoms with Crippen LogP contribution >= 0.6 is 38.2 Å². The number of halogens is 2. The van der Waals surface area contributed by atoms with E-state index in [1.54, 1.807) is 41.6 Å². The number of hydrogen-bond donors (Lipinski definition) is 0. The van der Waals surface area contributed by atoms with Gasteiger partial charge in [-0.25, -0.2) is 9.34 Å². The fraction of sp³-hybridized carbons (Fsp3) is 0.619. The van der Waals surface area contributed by atoms with E-state index in [1.165, 1.54) is 12.1 Å². The van der Waals surface area contributed by atoms with Crippen LogP contribution in [0.25, 0.3) is 6.08 Å². The molecule has 2 atom stereocenters. The first-order chi connectivity index (χ1) is 16.1. The highest BCUT2D eigenvalue weighted by molar-refractivity contribution is 7.73. The molecule has 0 radical (unpaired) electrons. The summed E-state index contributed by atoms with van der Waals surface area (Å²) in [5.74, 6) is 0.803. The molecule has 0 spiro atoms. The van der Waals surface area contributed by atoms with Crippen LogP contribution in [0.3, 0.4) is 0 Å². The average molecular weight is 556 g/mol. The Morgan fingerprint density at radius 1 is 0.941 bits per heavy atom. The Hall–Kier alpha value is -0.760. The second-order valence-electron chi connectivity index (χ2n) is 8.17. The maximum atomic E-state index is 13.9. The summed E-state index contributed by atoms with van der Waals surface area (Å²) in [6.45, 7) is 1.04. The molecule has 34 heavy (non-hydrogen) atoms. The summed E-state index contributed by atoms with van der Waals surface area (Å²) in [6.07, 6.45) is 4.75. The molecular weight excluding hydrogens is 523 g/mol. The quantitative estimate of drug-likeness (QED) is 0.0976. The van der Waals surface area contributed by atoms with Crippen molar-refractivity contribution in [2.45, 2.75) is 25.7 Å². The van der Waals surface area contributed by atoms with Crippen LogP contribution in [-0.2, 0) is 18.2 Å². The van der Waals surface area contributed by atoms with Gasteiger partial charge in [0.1, 0.15) is 5.90 Å². The fourth-order valence-corrected chi connectivity index (χ4v) is 9.90. The molecule has 1 aromatic rings. The largest absolute Gasteiger partial charge is 0.312 e. The van der Waals surface area contributed by atoms with Gasteiger partial charge in [0.15, 0.2) is 0 Å². The maximum Gasteiger partial charge on any atom is 0.283 e. The number of nitro benzene ring substituents is 1. The Labute approximate surface area is 211 Å². The molecule has 1 aromatic carbocycles. The number of non-ortho nitro benzene ring substituents is 1. The van der Waals surface area contributed by atoms with Crippen LogP contribution in [0.4, 0.5) is 5.69 Å². The number of unbranched alkanes of at least 4 members (excludes halogenated alkanes) is 2. The predicted octanol–water partition coefficient (Wildman–Crippen LogP) is 6.27. The summed E-state index contributed by atoms with van der Waals surface area (Å²) in [5, 5.41) is 10.9. The summed E-state index contributed by atoms with van der Waals surface area (Å²) >= 11 is 11.6. The van der Waals surface area contributed by atoms with E-state index in [0.29, 0.717) is 36.0 Å². The van der Waals surface area contributed by atoms with Gasteiger partial charge < -0.3 is 9.05 Å². The molecule has 9 nitrogen and oxygen atoms in total. The zero-order valence-electron chi connectivity index (χ0n) is 19.6. The van der Waals surface area contributed by atoms with Gasteiger partial charge in [-0.3, -0.25) is 19.2 Å². The smallest absolute Gasteiger partial charge is 0.283 e. The van der Waals surface area contributed by atoms with Crippen LogP contribution in [0, 0.1) is 10.1 Å². The summed E-state index contributed by atoms with van der Waals surface area (Å²) in [7, 11) is -3.57. The molecule has 192 valence electrons. The van der Waals surface area contributed by atoms with Crippen molar-refractivity contribution < 1.29 is 23.1 Å². The normalized spacial score (nSPS) is 23.6. The van der Waals surface area contributed by atoms with E-state index in [-0.39, 0.29) is 24.8 Å². The highest BCUT2D eigenvalue weighted by Gasteiger charge is 2.43. The molecule has 13 heteroatoms. The molecule has 0 N–H and O–H groups in total. The number of hydrogen-bond acceptors (Lipinski definition) is 6. The number of benzene rings is 1. The summed E-state index contributed by atoms with van der Waals surface area (Å²) in [6, 6.07) is 6.03. The SMILES string of the molecule is CN(CCCCCl)P1(=O)CP(=O)(N(C)CCCCCl)OCC(=Cc2ccc([N+](=O)[O-])cc2)CO1. The number of rotatable bonds is 12. The zero-order valence-corrected chi connectivity index (χ0v) is 22.9. The first-order valence-corrected chi connectivity index (χ1v) is 15.7. The van der Waals surface area contributed by atoms with Crippen molar-refractivity contribution in [3.05, 3.63) is 45.5 Å². The van der Waals surface area contributed by atoms with Crippen LogP contribution in [0.1, 0.15) is 31.2 Å². The van der Waals surface area contributed by atoms with Gasteiger partial charge in [0, 0.05) is 37.0 Å². The van der Waals surface area contributed by atoms with Crippen LogP contribution in [0.15, 0.2) is 29.8 Å². The minimum atomic E-state index is -3.49. The highest BCUT2D eigenvalue weighted by atomic mass is 35.5. The van der Waals surface area contributed by atoms with Gasteiger partial charge in [-0.15, -0.1) is 23.2 Å². The first-order valence-electron chi connectivity index (χ1n) is 11.1. The van der Waals surface area contributed by atoms with Gasteiger partial charge in [-0.1, -0.05) is 6.08 Å². The lowest BCUT2D eigenvalue weighted by Crippen LogP contribution is -2.28. The third kappa shape index (κ3) is 8.72. The predicted molar refractivity (Wildman–Crippen MR) is 138 cm³/mol. The lowest BCUT2D eigenvalue weighted by molar-refractivity contribution is -0.384. The fourth-order valence-electron chi connectivity index (χ4n) is 3.32. The molecule has 2 rings (SSSR count). The van der Waals surface area contributed by atoms with Crippen molar-refractivity contribution in [2.24, 2.45) is 0 Å². The van der Waals surface area contributed by atoms with E-state index in [0.717, 1.165) is 25.7 Å². The van der Waals surface area contributed by atoms with Crippen LogP contribution < -0.4 is 0 Å². The van der Waals surface area contributed by atoms with Crippen molar-refractivity contribution in [3.8, 4) is 0 Å². The van der Waals surface area contributed by atoms with Gasteiger partial charge in [0.05, 0.1) is 18.1 Å². The van der Waals surface area contributed by atoms with E-state index < -0.39 is 20.0 Å². The second-order valence-corrected chi connectivity index (χ2v) is 14.5. The minimum Gasteiger partial charge on any atom is -0.312 e. The highest BCUT2D eigenvalue weighted by Crippen LogP contribution is 2.66.